The maximum atomic E-state index is 13.5. The van der Waals surface area contributed by atoms with Gasteiger partial charge in [-0.2, -0.15) is 0 Å². The van der Waals surface area contributed by atoms with E-state index in [1.165, 1.54) is 18.2 Å². The largest absolute Gasteiger partial charge is 0.392 e. The molecule has 1 aromatic rings. The molecule has 0 radical (unpaired) electrons. The lowest BCUT2D eigenvalue weighted by molar-refractivity contribution is 0.0175. The second-order valence-electron chi connectivity index (χ2n) is 3.94. The molecule has 0 aliphatic carbocycles. The first kappa shape index (κ1) is 12.5. The van der Waals surface area contributed by atoms with E-state index in [1.807, 2.05) is 0 Å². The van der Waals surface area contributed by atoms with Crippen LogP contribution in [0.3, 0.4) is 0 Å². The minimum Gasteiger partial charge on any atom is -0.392 e. The second-order valence-corrected chi connectivity index (χ2v) is 6.08. The molecular formula is C11H13FO4S. The van der Waals surface area contributed by atoms with Gasteiger partial charge in [-0.15, -0.1) is 0 Å². The van der Waals surface area contributed by atoms with Gasteiger partial charge in [0.1, 0.15) is 16.0 Å². The number of hydrogen-bond donors (Lipinski definition) is 1. The van der Waals surface area contributed by atoms with Crippen molar-refractivity contribution < 1.29 is 22.7 Å². The SMILES string of the molecule is O=S(=O)(c1ccccc1F)C1COCCC1O. The van der Waals surface area contributed by atoms with E-state index < -0.39 is 27.0 Å². The summed E-state index contributed by atoms with van der Waals surface area (Å²) in [6.07, 6.45) is -0.758. The molecule has 1 N–H and O–H groups in total. The minimum absolute atomic E-state index is 0.0994. The number of aliphatic hydroxyl groups excluding tert-OH is 1. The minimum atomic E-state index is -3.89. The van der Waals surface area contributed by atoms with Crippen molar-refractivity contribution in [3.63, 3.8) is 0 Å². The van der Waals surface area contributed by atoms with E-state index in [-0.39, 0.29) is 17.9 Å². The molecule has 1 heterocycles. The van der Waals surface area contributed by atoms with Gasteiger partial charge in [0.25, 0.3) is 0 Å². The number of sulfone groups is 1. The smallest absolute Gasteiger partial charge is 0.188 e. The van der Waals surface area contributed by atoms with Crippen molar-refractivity contribution in [3.8, 4) is 0 Å². The van der Waals surface area contributed by atoms with E-state index >= 15 is 0 Å². The fourth-order valence-electron chi connectivity index (χ4n) is 1.84. The lowest BCUT2D eigenvalue weighted by Gasteiger charge is -2.27. The average Bonchev–Trinajstić information content (AvgIpc) is 2.29. The molecule has 1 fully saturated rings. The van der Waals surface area contributed by atoms with Crippen molar-refractivity contribution in [2.75, 3.05) is 13.2 Å². The van der Waals surface area contributed by atoms with Crippen LogP contribution in [0.15, 0.2) is 29.2 Å². The first-order valence-electron chi connectivity index (χ1n) is 5.27. The summed E-state index contributed by atoms with van der Waals surface area (Å²) in [6, 6.07) is 5.16. The molecule has 2 atom stereocenters. The van der Waals surface area contributed by atoms with Gasteiger partial charge in [0.05, 0.1) is 12.7 Å². The van der Waals surface area contributed by atoms with E-state index in [4.69, 9.17) is 4.74 Å². The molecule has 2 unspecified atom stereocenters. The zero-order valence-corrected chi connectivity index (χ0v) is 9.86. The van der Waals surface area contributed by atoms with Crippen LogP contribution in [0.2, 0.25) is 0 Å². The van der Waals surface area contributed by atoms with Crippen molar-refractivity contribution >= 4 is 9.84 Å². The first-order chi connectivity index (χ1) is 8.03. The Balaban J connectivity index is 2.39. The van der Waals surface area contributed by atoms with Crippen LogP contribution in [0.1, 0.15) is 6.42 Å². The highest BCUT2D eigenvalue weighted by Crippen LogP contribution is 2.24. The molecular weight excluding hydrogens is 247 g/mol. The van der Waals surface area contributed by atoms with Crippen LogP contribution in [0.4, 0.5) is 4.39 Å². The fraction of sp³-hybridized carbons (Fsp3) is 0.455. The molecule has 4 nitrogen and oxygen atoms in total. The lowest BCUT2D eigenvalue weighted by Crippen LogP contribution is -2.42. The van der Waals surface area contributed by atoms with Gasteiger partial charge in [-0.1, -0.05) is 12.1 Å². The molecule has 2 rings (SSSR count). The summed E-state index contributed by atoms with van der Waals surface area (Å²) in [4.78, 5) is -0.380. The molecule has 17 heavy (non-hydrogen) atoms. The number of rotatable bonds is 2. The fourth-order valence-corrected chi connectivity index (χ4v) is 3.59. The normalized spacial score (nSPS) is 25.8. The van der Waals surface area contributed by atoms with Gasteiger partial charge in [0, 0.05) is 6.61 Å². The third-order valence-corrected chi connectivity index (χ3v) is 5.00. The summed E-state index contributed by atoms with van der Waals surface area (Å²) < 4.78 is 42.8. The van der Waals surface area contributed by atoms with Crippen LogP contribution in [0.5, 0.6) is 0 Å². The van der Waals surface area contributed by atoms with Crippen molar-refractivity contribution in [2.24, 2.45) is 0 Å². The van der Waals surface area contributed by atoms with Crippen LogP contribution in [0, 0.1) is 5.82 Å². The second kappa shape index (κ2) is 4.72. The maximum Gasteiger partial charge on any atom is 0.188 e. The number of aliphatic hydroxyl groups is 1. The molecule has 0 amide bonds. The Morgan fingerprint density at radius 3 is 2.71 bits per heavy atom. The van der Waals surface area contributed by atoms with Gasteiger partial charge in [-0.25, -0.2) is 12.8 Å². The molecule has 0 aromatic heterocycles. The average molecular weight is 260 g/mol. The Morgan fingerprint density at radius 1 is 1.35 bits per heavy atom. The summed E-state index contributed by atoms with van der Waals surface area (Å²) in [7, 11) is -3.89. The van der Waals surface area contributed by atoms with E-state index in [2.05, 4.69) is 0 Å². The van der Waals surface area contributed by atoms with Gasteiger partial charge in [0.2, 0.25) is 0 Å². The summed E-state index contributed by atoms with van der Waals surface area (Å²) >= 11 is 0. The summed E-state index contributed by atoms with van der Waals surface area (Å²) in [6.45, 7) is 0.224. The van der Waals surface area contributed by atoms with Crippen molar-refractivity contribution in [2.45, 2.75) is 22.7 Å². The lowest BCUT2D eigenvalue weighted by atomic mass is 10.1. The van der Waals surface area contributed by atoms with E-state index in [0.29, 0.717) is 6.61 Å². The van der Waals surface area contributed by atoms with Crippen LogP contribution >= 0.6 is 0 Å². The zero-order chi connectivity index (χ0) is 12.5. The van der Waals surface area contributed by atoms with E-state index in [0.717, 1.165) is 6.07 Å². The van der Waals surface area contributed by atoms with Crippen LogP contribution in [0.25, 0.3) is 0 Å². The number of halogens is 1. The maximum absolute atomic E-state index is 13.5. The van der Waals surface area contributed by atoms with Crippen molar-refractivity contribution in [1.82, 2.24) is 0 Å². The number of benzene rings is 1. The van der Waals surface area contributed by atoms with Crippen LogP contribution in [-0.2, 0) is 14.6 Å². The molecule has 1 saturated heterocycles. The summed E-state index contributed by atoms with van der Waals surface area (Å²) in [5, 5.41) is 8.59. The Hall–Kier alpha value is -0.980. The summed E-state index contributed by atoms with van der Waals surface area (Å²) in [5.74, 6) is -0.801. The van der Waals surface area contributed by atoms with Crippen LogP contribution < -0.4 is 0 Å². The van der Waals surface area contributed by atoms with Gasteiger partial charge in [-0.05, 0) is 18.6 Å². The highest BCUT2D eigenvalue weighted by molar-refractivity contribution is 7.92. The van der Waals surface area contributed by atoms with Crippen molar-refractivity contribution in [1.29, 1.82) is 0 Å². The highest BCUT2D eigenvalue weighted by Gasteiger charge is 2.37. The van der Waals surface area contributed by atoms with Gasteiger partial charge in [0.15, 0.2) is 9.84 Å². The molecule has 1 aromatic carbocycles. The molecule has 1 aliphatic heterocycles. The summed E-state index contributed by atoms with van der Waals surface area (Å²) in [5.41, 5.74) is 0. The van der Waals surface area contributed by atoms with E-state index in [1.54, 1.807) is 0 Å². The van der Waals surface area contributed by atoms with E-state index in [9.17, 15) is 17.9 Å². The third-order valence-electron chi connectivity index (χ3n) is 2.81. The standard InChI is InChI=1S/C11H13FO4S/c12-8-3-1-2-4-10(8)17(14,15)11-7-16-6-5-9(11)13/h1-4,9,11,13H,5-7H2. The molecule has 0 saturated carbocycles. The first-order valence-corrected chi connectivity index (χ1v) is 6.82. The predicted octanol–water partition coefficient (Wildman–Crippen LogP) is 0.749. The molecule has 1 aliphatic rings. The Labute approximate surface area is 98.9 Å². The monoisotopic (exact) mass is 260 g/mol. The number of ether oxygens (including phenoxy) is 1. The predicted molar refractivity (Wildman–Crippen MR) is 58.8 cm³/mol. The van der Waals surface area contributed by atoms with Gasteiger partial charge < -0.3 is 9.84 Å². The van der Waals surface area contributed by atoms with Gasteiger partial charge in [-0.3, -0.25) is 0 Å². The van der Waals surface area contributed by atoms with Crippen LogP contribution in [-0.4, -0.2) is 38.1 Å². The molecule has 94 valence electrons. The molecule has 0 bridgehead atoms. The topological polar surface area (TPSA) is 63.6 Å². The Bertz CT molecular complexity index is 500. The number of hydrogen-bond acceptors (Lipinski definition) is 4. The van der Waals surface area contributed by atoms with Gasteiger partial charge >= 0.3 is 0 Å². The quantitative estimate of drug-likeness (QED) is 0.852. The Kier molecular flexibility index (Phi) is 3.46. The highest BCUT2D eigenvalue weighted by atomic mass is 32.2. The Morgan fingerprint density at radius 2 is 2.06 bits per heavy atom. The molecule has 0 spiro atoms. The van der Waals surface area contributed by atoms with Crippen molar-refractivity contribution in [3.05, 3.63) is 30.1 Å². The molecule has 6 heteroatoms. The third kappa shape index (κ3) is 2.34. The zero-order valence-electron chi connectivity index (χ0n) is 9.04.